The van der Waals surface area contributed by atoms with Gasteiger partial charge in [-0.1, -0.05) is 12.8 Å². The summed E-state index contributed by atoms with van der Waals surface area (Å²) in [6.45, 7) is 0. The Kier molecular flexibility index (Phi) is 2.82. The molecule has 15 heavy (non-hydrogen) atoms. The monoisotopic (exact) mass is 211 g/mol. The molecule has 0 spiro atoms. The number of hydrogen-bond acceptors (Lipinski definition) is 5. The lowest BCUT2D eigenvalue weighted by molar-refractivity contribution is -0.0130. The van der Waals surface area contributed by atoms with Crippen LogP contribution in [0.4, 0.5) is 5.95 Å². The number of anilines is 1. The summed E-state index contributed by atoms with van der Waals surface area (Å²) in [7, 11) is 0. The zero-order valence-electron chi connectivity index (χ0n) is 8.19. The lowest BCUT2D eigenvalue weighted by Crippen LogP contribution is -2.29. The van der Waals surface area contributed by atoms with E-state index in [4.69, 9.17) is 10.6 Å². The van der Waals surface area contributed by atoms with Crippen molar-refractivity contribution in [2.75, 3.05) is 5.73 Å². The molecule has 2 rings (SSSR count). The molecule has 1 saturated carbocycles. The van der Waals surface area contributed by atoms with Gasteiger partial charge in [0.05, 0.1) is 6.10 Å². The second kappa shape index (κ2) is 4.26. The first-order valence-corrected chi connectivity index (χ1v) is 4.89. The summed E-state index contributed by atoms with van der Waals surface area (Å²) in [6, 6.07) is 0. The molecule has 1 aromatic heterocycles. The van der Waals surface area contributed by atoms with Crippen LogP contribution >= 0.6 is 0 Å². The van der Waals surface area contributed by atoms with Crippen molar-refractivity contribution >= 4 is 11.9 Å². The van der Waals surface area contributed by atoms with Crippen molar-refractivity contribution in [1.82, 2.24) is 20.7 Å². The maximum atomic E-state index is 11.4. The van der Waals surface area contributed by atoms with Crippen LogP contribution in [-0.2, 0) is 4.84 Å². The Morgan fingerprint density at radius 2 is 2.27 bits per heavy atom. The summed E-state index contributed by atoms with van der Waals surface area (Å²) < 4.78 is 0. The minimum Gasteiger partial charge on any atom is -0.366 e. The second-order valence-corrected chi connectivity index (χ2v) is 3.50. The Hall–Kier alpha value is -1.63. The fourth-order valence-corrected chi connectivity index (χ4v) is 1.57. The Morgan fingerprint density at radius 3 is 2.87 bits per heavy atom. The molecule has 0 radical (unpaired) electrons. The van der Waals surface area contributed by atoms with Crippen molar-refractivity contribution in [2.24, 2.45) is 0 Å². The maximum Gasteiger partial charge on any atom is 0.312 e. The van der Waals surface area contributed by atoms with Gasteiger partial charge in [-0.15, -0.1) is 5.10 Å². The number of nitrogens with two attached hydrogens (primary N) is 1. The van der Waals surface area contributed by atoms with Crippen molar-refractivity contribution < 1.29 is 9.63 Å². The Balaban J connectivity index is 1.81. The third kappa shape index (κ3) is 2.44. The number of nitrogens with one attached hydrogen (secondary N) is 2. The molecule has 0 aliphatic heterocycles. The number of nitrogen functional groups attached to an aromatic ring is 1. The molecule has 82 valence electrons. The highest BCUT2D eigenvalue weighted by Gasteiger charge is 2.18. The minimum absolute atomic E-state index is 0.0426. The van der Waals surface area contributed by atoms with Crippen molar-refractivity contribution in [1.29, 1.82) is 0 Å². The Labute approximate surface area is 86.4 Å². The fraction of sp³-hybridized carbons (Fsp3) is 0.625. The molecular weight excluding hydrogens is 198 g/mol. The Bertz CT molecular complexity index is 345. The predicted molar refractivity (Wildman–Crippen MR) is 51.6 cm³/mol. The first kappa shape index (κ1) is 9.91. The van der Waals surface area contributed by atoms with Crippen molar-refractivity contribution in [3.8, 4) is 0 Å². The maximum absolute atomic E-state index is 11.4. The summed E-state index contributed by atoms with van der Waals surface area (Å²) in [5, 5.41) is 5.95. The van der Waals surface area contributed by atoms with E-state index in [2.05, 4.69) is 20.7 Å². The topological polar surface area (TPSA) is 106 Å². The summed E-state index contributed by atoms with van der Waals surface area (Å²) >= 11 is 0. The van der Waals surface area contributed by atoms with Crippen LogP contribution in [0.15, 0.2) is 0 Å². The van der Waals surface area contributed by atoms with Crippen LogP contribution in [0.3, 0.4) is 0 Å². The molecule has 1 aliphatic rings. The molecular formula is C8H13N5O2. The van der Waals surface area contributed by atoms with E-state index in [1.165, 1.54) is 0 Å². The highest BCUT2D eigenvalue weighted by Crippen LogP contribution is 2.19. The van der Waals surface area contributed by atoms with Gasteiger partial charge in [-0.2, -0.15) is 4.98 Å². The number of amides is 1. The highest BCUT2D eigenvalue weighted by molar-refractivity contribution is 5.89. The predicted octanol–water partition coefficient (Wildman–Crippen LogP) is -0.00910. The number of hydrogen-bond donors (Lipinski definition) is 3. The number of carbonyl (C=O) groups excluding carboxylic acids is 1. The van der Waals surface area contributed by atoms with Gasteiger partial charge in [-0.25, -0.2) is 5.48 Å². The van der Waals surface area contributed by atoms with Gasteiger partial charge in [-0.05, 0) is 12.8 Å². The van der Waals surface area contributed by atoms with Crippen LogP contribution in [0.1, 0.15) is 36.3 Å². The average molecular weight is 211 g/mol. The van der Waals surface area contributed by atoms with E-state index < -0.39 is 5.91 Å². The summed E-state index contributed by atoms with van der Waals surface area (Å²) in [5.74, 6) is -0.349. The van der Waals surface area contributed by atoms with Gasteiger partial charge >= 0.3 is 5.91 Å². The number of aromatic nitrogens is 3. The molecule has 0 unspecified atom stereocenters. The van der Waals surface area contributed by atoms with E-state index in [9.17, 15) is 4.79 Å². The van der Waals surface area contributed by atoms with E-state index in [0.29, 0.717) is 0 Å². The smallest absolute Gasteiger partial charge is 0.312 e. The molecule has 1 aromatic rings. The molecule has 1 fully saturated rings. The van der Waals surface area contributed by atoms with Crippen LogP contribution in [0.25, 0.3) is 0 Å². The third-order valence-electron chi connectivity index (χ3n) is 2.34. The van der Waals surface area contributed by atoms with Gasteiger partial charge in [0.1, 0.15) is 0 Å². The molecule has 1 heterocycles. The van der Waals surface area contributed by atoms with Gasteiger partial charge in [0.15, 0.2) is 0 Å². The molecule has 4 N–H and O–H groups in total. The lowest BCUT2D eigenvalue weighted by Gasteiger charge is -2.09. The second-order valence-electron chi connectivity index (χ2n) is 3.50. The largest absolute Gasteiger partial charge is 0.366 e. The summed E-state index contributed by atoms with van der Waals surface area (Å²) in [5.41, 5.74) is 7.59. The molecule has 0 aromatic carbocycles. The first-order chi connectivity index (χ1) is 7.25. The number of carbonyl (C=O) groups is 1. The minimum atomic E-state index is -0.453. The van der Waals surface area contributed by atoms with E-state index in [-0.39, 0.29) is 17.9 Å². The number of hydroxylamine groups is 1. The van der Waals surface area contributed by atoms with Crippen LogP contribution in [-0.4, -0.2) is 27.2 Å². The molecule has 7 heteroatoms. The quantitative estimate of drug-likeness (QED) is 0.610. The molecule has 0 saturated heterocycles. The van der Waals surface area contributed by atoms with Crippen LogP contribution < -0.4 is 11.2 Å². The molecule has 0 bridgehead atoms. The standard InChI is InChI=1S/C8H13N5O2/c9-8-10-6(11-12-8)7(14)13-15-5-3-1-2-4-5/h5H,1-4H2,(H,13,14)(H3,9,10,11,12). The highest BCUT2D eigenvalue weighted by atomic mass is 16.7. The van der Waals surface area contributed by atoms with Crippen LogP contribution in [0, 0.1) is 0 Å². The van der Waals surface area contributed by atoms with E-state index in [1.54, 1.807) is 0 Å². The number of aromatic amines is 1. The molecule has 1 aliphatic carbocycles. The van der Waals surface area contributed by atoms with Crippen molar-refractivity contribution in [2.45, 2.75) is 31.8 Å². The van der Waals surface area contributed by atoms with Crippen LogP contribution in [0.5, 0.6) is 0 Å². The molecule has 7 nitrogen and oxygen atoms in total. The van der Waals surface area contributed by atoms with Crippen molar-refractivity contribution in [3.05, 3.63) is 5.82 Å². The van der Waals surface area contributed by atoms with Crippen LogP contribution in [0.2, 0.25) is 0 Å². The summed E-state index contributed by atoms with van der Waals surface area (Å²) in [4.78, 5) is 20.3. The fourth-order valence-electron chi connectivity index (χ4n) is 1.57. The van der Waals surface area contributed by atoms with Crippen molar-refractivity contribution in [3.63, 3.8) is 0 Å². The number of H-pyrrole nitrogens is 1. The van der Waals surface area contributed by atoms with Gasteiger partial charge in [0, 0.05) is 0 Å². The zero-order valence-corrected chi connectivity index (χ0v) is 8.19. The van der Waals surface area contributed by atoms with Gasteiger partial charge < -0.3 is 5.73 Å². The zero-order chi connectivity index (χ0) is 10.7. The normalized spacial score (nSPS) is 16.8. The van der Waals surface area contributed by atoms with E-state index >= 15 is 0 Å². The molecule has 1 amide bonds. The number of rotatable bonds is 3. The van der Waals surface area contributed by atoms with Gasteiger partial charge in [0.25, 0.3) is 0 Å². The van der Waals surface area contributed by atoms with E-state index in [0.717, 1.165) is 25.7 Å². The third-order valence-corrected chi connectivity index (χ3v) is 2.34. The molecule has 0 atom stereocenters. The number of nitrogens with zero attached hydrogens (tertiary/aromatic N) is 2. The SMILES string of the molecule is Nc1n[nH]c(C(=O)NOC2CCCC2)n1. The lowest BCUT2D eigenvalue weighted by atomic mass is 10.3. The van der Waals surface area contributed by atoms with Gasteiger partial charge in [-0.3, -0.25) is 14.7 Å². The first-order valence-electron chi connectivity index (χ1n) is 4.89. The van der Waals surface area contributed by atoms with Gasteiger partial charge in [0.2, 0.25) is 11.8 Å². The Morgan fingerprint density at radius 1 is 1.53 bits per heavy atom. The summed E-state index contributed by atoms with van der Waals surface area (Å²) in [6.07, 6.45) is 4.39. The van der Waals surface area contributed by atoms with E-state index in [1.807, 2.05) is 0 Å². The average Bonchev–Trinajstić information content (AvgIpc) is 2.84.